The van der Waals surface area contributed by atoms with Crippen LogP contribution in [0, 0.1) is 0 Å². The van der Waals surface area contributed by atoms with Crippen LogP contribution in [0.1, 0.15) is 47.2 Å². The van der Waals surface area contributed by atoms with Gasteiger partial charge in [-0.1, -0.05) is 12.8 Å². The van der Waals surface area contributed by atoms with Crippen molar-refractivity contribution in [3.63, 3.8) is 0 Å². The number of carbonyl (C=O) groups is 1. The van der Waals surface area contributed by atoms with Gasteiger partial charge in [0.15, 0.2) is 11.5 Å². The fourth-order valence-corrected chi connectivity index (χ4v) is 4.11. The Labute approximate surface area is 171 Å². The minimum Gasteiger partial charge on any atom is -0.493 e. The zero-order valence-corrected chi connectivity index (χ0v) is 17.2. The Kier molecular flexibility index (Phi) is 5.83. The Bertz CT molecular complexity index is 861. The third-order valence-corrected chi connectivity index (χ3v) is 5.78. The topological polar surface area (TPSA) is 67.8 Å². The lowest BCUT2D eigenvalue weighted by Crippen LogP contribution is -2.33. The highest BCUT2D eigenvalue weighted by Crippen LogP contribution is 2.33. The predicted octanol–water partition coefficient (Wildman–Crippen LogP) is 3.07. The van der Waals surface area contributed by atoms with Crippen molar-refractivity contribution in [3.8, 4) is 11.5 Å². The monoisotopic (exact) mass is 396 g/mol. The van der Waals surface area contributed by atoms with Gasteiger partial charge in [-0.15, -0.1) is 0 Å². The van der Waals surface area contributed by atoms with Crippen LogP contribution in [0.15, 0.2) is 24.5 Å². The number of aromatic nitrogens is 2. The molecule has 0 N–H and O–H groups in total. The number of likely N-dealkylation sites (tertiary alicyclic amines) is 1. The Balaban J connectivity index is 1.48. The zero-order valence-electron chi connectivity index (χ0n) is 17.2. The van der Waals surface area contributed by atoms with Gasteiger partial charge in [0, 0.05) is 38.6 Å². The maximum absolute atomic E-state index is 12.7. The molecule has 1 amide bonds. The van der Waals surface area contributed by atoms with Gasteiger partial charge in [-0.3, -0.25) is 4.79 Å². The summed E-state index contributed by atoms with van der Waals surface area (Å²) >= 11 is 0. The molecule has 3 heterocycles. The predicted molar refractivity (Wildman–Crippen MR) is 111 cm³/mol. The summed E-state index contributed by atoms with van der Waals surface area (Å²) in [4.78, 5) is 25.8. The van der Waals surface area contributed by atoms with Crippen molar-refractivity contribution in [1.82, 2.24) is 14.9 Å². The van der Waals surface area contributed by atoms with Crippen molar-refractivity contribution < 1.29 is 14.3 Å². The van der Waals surface area contributed by atoms with Crippen molar-refractivity contribution in [3.05, 3.63) is 41.2 Å². The molecule has 0 atom stereocenters. The largest absolute Gasteiger partial charge is 0.493 e. The second kappa shape index (κ2) is 8.68. The van der Waals surface area contributed by atoms with Crippen LogP contribution in [0.3, 0.4) is 0 Å². The summed E-state index contributed by atoms with van der Waals surface area (Å²) in [5.74, 6) is 2.18. The van der Waals surface area contributed by atoms with E-state index in [1.165, 1.54) is 24.0 Å². The molecule has 7 heteroatoms. The molecule has 7 nitrogen and oxygen atoms in total. The van der Waals surface area contributed by atoms with Gasteiger partial charge in [0.05, 0.1) is 19.8 Å². The van der Waals surface area contributed by atoms with Crippen LogP contribution < -0.4 is 14.4 Å². The summed E-state index contributed by atoms with van der Waals surface area (Å²) in [6.07, 6.45) is 8.77. The first kappa shape index (κ1) is 19.5. The summed E-state index contributed by atoms with van der Waals surface area (Å²) in [6, 6.07) is 4.08. The van der Waals surface area contributed by atoms with Crippen LogP contribution in [0.5, 0.6) is 11.5 Å². The van der Waals surface area contributed by atoms with Crippen LogP contribution in [0.4, 0.5) is 5.95 Å². The molecule has 0 spiro atoms. The fourth-order valence-electron chi connectivity index (χ4n) is 4.11. The van der Waals surface area contributed by atoms with Gasteiger partial charge in [-0.25, -0.2) is 9.97 Å². The summed E-state index contributed by atoms with van der Waals surface area (Å²) in [6.45, 7) is 3.18. The highest BCUT2D eigenvalue weighted by molar-refractivity contribution is 5.93. The summed E-state index contributed by atoms with van der Waals surface area (Å²) in [7, 11) is 3.30. The molecule has 1 aromatic heterocycles. The Hall–Kier alpha value is -2.83. The first-order valence-corrected chi connectivity index (χ1v) is 10.3. The molecule has 0 saturated carbocycles. The highest BCUT2D eigenvalue weighted by Gasteiger charge is 2.22. The van der Waals surface area contributed by atoms with Gasteiger partial charge in [-0.2, -0.15) is 0 Å². The molecule has 2 aliphatic heterocycles. The Morgan fingerprint density at radius 2 is 1.52 bits per heavy atom. The first-order chi connectivity index (χ1) is 14.2. The fraction of sp³-hybridized carbons (Fsp3) is 0.500. The molecule has 2 aliphatic rings. The van der Waals surface area contributed by atoms with Crippen LogP contribution in [0.2, 0.25) is 0 Å². The SMILES string of the molecule is COc1cc2c(cc1OC)CN(c1ncc(C(=O)N3CCCCCC3)cn1)CC2. The smallest absolute Gasteiger partial charge is 0.256 e. The molecule has 0 aliphatic carbocycles. The van der Waals surface area contributed by atoms with E-state index in [0.29, 0.717) is 18.1 Å². The quantitative estimate of drug-likeness (QED) is 0.791. The van der Waals surface area contributed by atoms with Gasteiger partial charge in [0.1, 0.15) is 0 Å². The van der Waals surface area contributed by atoms with E-state index >= 15 is 0 Å². The number of ether oxygens (including phenoxy) is 2. The maximum atomic E-state index is 12.7. The van der Waals surface area contributed by atoms with Crippen molar-refractivity contribution >= 4 is 11.9 Å². The molecule has 0 bridgehead atoms. The number of rotatable bonds is 4. The van der Waals surface area contributed by atoms with Gasteiger partial charge >= 0.3 is 0 Å². The molecule has 0 unspecified atom stereocenters. The van der Waals surface area contributed by atoms with Crippen molar-refractivity contribution in [2.45, 2.75) is 38.6 Å². The number of methoxy groups -OCH3 is 2. The molecule has 2 aromatic rings. The molecule has 29 heavy (non-hydrogen) atoms. The highest BCUT2D eigenvalue weighted by atomic mass is 16.5. The lowest BCUT2D eigenvalue weighted by atomic mass is 9.99. The van der Waals surface area contributed by atoms with E-state index in [1.807, 2.05) is 11.0 Å². The number of hydrogen-bond acceptors (Lipinski definition) is 6. The summed E-state index contributed by atoms with van der Waals surface area (Å²) in [5, 5.41) is 0. The van der Waals surface area contributed by atoms with Crippen LogP contribution in [-0.2, 0) is 13.0 Å². The molecule has 0 radical (unpaired) electrons. The molecule has 1 aromatic carbocycles. The molecule has 1 saturated heterocycles. The van der Waals surface area contributed by atoms with Gasteiger partial charge in [0.25, 0.3) is 5.91 Å². The standard InChI is InChI=1S/C22H28N4O3/c1-28-19-11-16-7-10-26(15-17(16)12-20(19)29-2)22-23-13-18(14-24-22)21(27)25-8-5-3-4-6-9-25/h11-14H,3-10,15H2,1-2H3. The van der Waals surface area contributed by atoms with E-state index < -0.39 is 0 Å². The Morgan fingerprint density at radius 3 is 2.14 bits per heavy atom. The van der Waals surface area contributed by atoms with E-state index in [2.05, 4.69) is 20.9 Å². The molecular formula is C22H28N4O3. The van der Waals surface area contributed by atoms with Crippen LogP contribution >= 0.6 is 0 Å². The Morgan fingerprint density at radius 1 is 0.897 bits per heavy atom. The van der Waals surface area contributed by atoms with Gasteiger partial charge in [0.2, 0.25) is 5.95 Å². The van der Waals surface area contributed by atoms with Crippen LogP contribution in [-0.4, -0.2) is 54.6 Å². The van der Waals surface area contributed by atoms with E-state index in [9.17, 15) is 4.79 Å². The number of benzene rings is 1. The summed E-state index contributed by atoms with van der Waals surface area (Å²) in [5.41, 5.74) is 3.01. The number of nitrogens with zero attached hydrogens (tertiary/aromatic N) is 4. The third kappa shape index (κ3) is 4.13. The van der Waals surface area contributed by atoms with E-state index in [0.717, 1.165) is 50.4 Å². The van der Waals surface area contributed by atoms with E-state index in [-0.39, 0.29) is 5.91 Å². The molecular weight excluding hydrogens is 368 g/mol. The minimum absolute atomic E-state index is 0.0410. The molecule has 154 valence electrons. The van der Waals surface area contributed by atoms with Crippen molar-refractivity contribution in [1.29, 1.82) is 0 Å². The van der Waals surface area contributed by atoms with E-state index in [4.69, 9.17) is 9.47 Å². The number of fused-ring (bicyclic) bond motifs is 1. The average Bonchev–Trinajstić information content (AvgIpc) is 3.07. The zero-order chi connectivity index (χ0) is 20.2. The second-order valence-electron chi connectivity index (χ2n) is 7.63. The lowest BCUT2D eigenvalue weighted by Gasteiger charge is -2.29. The normalized spacial score (nSPS) is 16.8. The van der Waals surface area contributed by atoms with E-state index in [1.54, 1.807) is 26.6 Å². The summed E-state index contributed by atoms with van der Waals surface area (Å²) < 4.78 is 10.8. The number of amides is 1. The first-order valence-electron chi connectivity index (χ1n) is 10.3. The minimum atomic E-state index is 0.0410. The van der Waals surface area contributed by atoms with Crippen molar-refractivity contribution in [2.24, 2.45) is 0 Å². The lowest BCUT2D eigenvalue weighted by molar-refractivity contribution is 0.0761. The molecule has 1 fully saturated rings. The number of carbonyl (C=O) groups excluding carboxylic acids is 1. The third-order valence-electron chi connectivity index (χ3n) is 5.78. The number of hydrogen-bond donors (Lipinski definition) is 0. The second-order valence-corrected chi connectivity index (χ2v) is 7.63. The molecule has 4 rings (SSSR count). The van der Waals surface area contributed by atoms with Gasteiger partial charge in [-0.05, 0) is 42.5 Å². The number of anilines is 1. The average molecular weight is 396 g/mol. The van der Waals surface area contributed by atoms with Crippen molar-refractivity contribution in [2.75, 3.05) is 38.8 Å². The maximum Gasteiger partial charge on any atom is 0.256 e. The van der Waals surface area contributed by atoms with Gasteiger partial charge < -0.3 is 19.3 Å². The van der Waals surface area contributed by atoms with Crippen LogP contribution in [0.25, 0.3) is 0 Å².